The Morgan fingerprint density at radius 2 is 1.85 bits per heavy atom. The molecule has 3 nitrogen and oxygen atoms in total. The lowest BCUT2D eigenvalue weighted by Gasteiger charge is -2.41. The van der Waals surface area contributed by atoms with Crippen LogP contribution in [0.3, 0.4) is 0 Å². The van der Waals surface area contributed by atoms with Crippen molar-refractivity contribution in [3.05, 3.63) is 0 Å². The molecule has 76 valence electrons. The fourth-order valence-corrected chi connectivity index (χ4v) is 2.76. The smallest absolute Gasteiger partial charge is 0.0387 e. The molecule has 2 aliphatic heterocycles. The van der Waals surface area contributed by atoms with Gasteiger partial charge in [-0.2, -0.15) is 0 Å². The van der Waals surface area contributed by atoms with Crippen LogP contribution < -0.4 is 5.43 Å². The fourth-order valence-electron chi connectivity index (χ4n) is 2.76. The molecule has 0 amide bonds. The van der Waals surface area contributed by atoms with Gasteiger partial charge in [0.2, 0.25) is 0 Å². The van der Waals surface area contributed by atoms with Crippen LogP contribution in [-0.4, -0.2) is 47.7 Å². The highest BCUT2D eigenvalue weighted by Crippen LogP contribution is 2.34. The van der Waals surface area contributed by atoms with E-state index in [-0.39, 0.29) is 0 Å². The van der Waals surface area contributed by atoms with Crippen molar-refractivity contribution in [2.75, 3.05) is 20.1 Å². The highest BCUT2D eigenvalue weighted by molar-refractivity contribution is 5.01. The molecular formula is C10H21N3. The molecule has 2 bridgehead atoms. The van der Waals surface area contributed by atoms with Gasteiger partial charge in [-0.3, -0.25) is 10.3 Å². The third-order valence-electron chi connectivity index (χ3n) is 3.39. The number of nitrogens with one attached hydrogen (secondary N) is 1. The molecule has 0 aliphatic carbocycles. The molecule has 0 aromatic rings. The predicted octanol–water partition coefficient (Wildman–Crippen LogP) is 0.678. The summed E-state index contributed by atoms with van der Waals surface area (Å²) in [7, 11) is 2.03. The van der Waals surface area contributed by atoms with Crippen LogP contribution in [0.15, 0.2) is 0 Å². The number of nitrogens with zero attached hydrogens (tertiary/aromatic N) is 2. The Labute approximate surface area is 81.1 Å². The standard InChI is InChI=1S/C10H21N3/c1-10(2,3)12-6-9-5-8(12)7-13(9)11-4/h8-9,11H,5-7H2,1-4H3. The first-order chi connectivity index (χ1) is 6.02. The summed E-state index contributed by atoms with van der Waals surface area (Å²) in [6.45, 7) is 9.37. The van der Waals surface area contributed by atoms with Crippen LogP contribution in [0, 0.1) is 0 Å². The summed E-state index contributed by atoms with van der Waals surface area (Å²) in [5, 5.41) is 2.38. The maximum absolute atomic E-state index is 3.27. The zero-order valence-corrected chi connectivity index (χ0v) is 9.17. The zero-order valence-electron chi connectivity index (χ0n) is 9.17. The van der Waals surface area contributed by atoms with Crippen molar-refractivity contribution >= 4 is 0 Å². The quantitative estimate of drug-likeness (QED) is 0.645. The molecule has 2 heterocycles. The molecule has 3 heteroatoms. The molecule has 0 saturated carbocycles. The summed E-state index contributed by atoms with van der Waals surface area (Å²) in [6.07, 6.45) is 1.35. The van der Waals surface area contributed by atoms with Gasteiger partial charge in [0.15, 0.2) is 0 Å². The third kappa shape index (κ3) is 1.49. The minimum Gasteiger partial charge on any atom is -0.293 e. The van der Waals surface area contributed by atoms with Gasteiger partial charge in [-0.1, -0.05) is 0 Å². The Hall–Kier alpha value is -0.120. The molecule has 0 aromatic carbocycles. The maximum atomic E-state index is 3.27. The number of hydrogen-bond donors (Lipinski definition) is 1. The van der Waals surface area contributed by atoms with Crippen LogP contribution in [0.1, 0.15) is 27.2 Å². The number of rotatable bonds is 1. The van der Waals surface area contributed by atoms with Gasteiger partial charge < -0.3 is 0 Å². The molecule has 1 N–H and O–H groups in total. The number of piperazine rings is 1. The van der Waals surface area contributed by atoms with Crippen molar-refractivity contribution in [1.29, 1.82) is 0 Å². The summed E-state index contributed by atoms with van der Waals surface area (Å²) in [5.74, 6) is 0. The Balaban J connectivity index is 2.03. The summed E-state index contributed by atoms with van der Waals surface area (Å²) in [5.41, 5.74) is 3.62. The van der Waals surface area contributed by atoms with Crippen LogP contribution in [-0.2, 0) is 0 Å². The topological polar surface area (TPSA) is 18.5 Å². The summed E-state index contributed by atoms with van der Waals surface area (Å²) in [4.78, 5) is 2.64. The Kier molecular flexibility index (Phi) is 2.13. The van der Waals surface area contributed by atoms with E-state index >= 15 is 0 Å². The molecule has 2 unspecified atom stereocenters. The van der Waals surface area contributed by atoms with Crippen LogP contribution in [0.4, 0.5) is 0 Å². The van der Waals surface area contributed by atoms with Gasteiger partial charge >= 0.3 is 0 Å². The van der Waals surface area contributed by atoms with Crippen molar-refractivity contribution in [3.63, 3.8) is 0 Å². The molecule has 0 aromatic heterocycles. The second-order valence-corrected chi connectivity index (χ2v) is 5.24. The molecule has 2 atom stereocenters. The lowest BCUT2D eigenvalue weighted by atomic mass is 10.0. The van der Waals surface area contributed by atoms with Crippen molar-refractivity contribution < 1.29 is 0 Å². The van der Waals surface area contributed by atoms with E-state index < -0.39 is 0 Å². The van der Waals surface area contributed by atoms with Crippen molar-refractivity contribution in [3.8, 4) is 0 Å². The fraction of sp³-hybridized carbons (Fsp3) is 1.00. The highest BCUT2D eigenvalue weighted by atomic mass is 15.6. The number of hydrogen-bond acceptors (Lipinski definition) is 3. The molecule has 2 aliphatic rings. The number of fused-ring (bicyclic) bond motifs is 2. The van der Waals surface area contributed by atoms with Crippen LogP contribution in [0.2, 0.25) is 0 Å². The molecule has 2 fully saturated rings. The number of likely N-dealkylation sites (tertiary alicyclic amines) is 1. The second kappa shape index (κ2) is 2.94. The van der Waals surface area contributed by atoms with E-state index in [0.29, 0.717) is 5.54 Å². The lowest BCUT2D eigenvalue weighted by Crippen LogP contribution is -2.55. The van der Waals surface area contributed by atoms with Crippen molar-refractivity contribution in [2.45, 2.75) is 44.8 Å². The van der Waals surface area contributed by atoms with Crippen LogP contribution >= 0.6 is 0 Å². The van der Waals surface area contributed by atoms with Gasteiger partial charge in [-0.25, -0.2) is 5.01 Å². The summed E-state index contributed by atoms with van der Waals surface area (Å²) < 4.78 is 0. The van der Waals surface area contributed by atoms with E-state index in [1.807, 2.05) is 7.05 Å². The van der Waals surface area contributed by atoms with E-state index in [1.165, 1.54) is 19.5 Å². The Bertz CT molecular complexity index is 197. The van der Waals surface area contributed by atoms with E-state index in [9.17, 15) is 0 Å². The molecule has 2 saturated heterocycles. The second-order valence-electron chi connectivity index (χ2n) is 5.24. The minimum atomic E-state index is 0.346. The van der Waals surface area contributed by atoms with E-state index in [4.69, 9.17) is 0 Å². The highest BCUT2D eigenvalue weighted by Gasteiger charge is 2.46. The first-order valence-electron chi connectivity index (χ1n) is 5.23. The molecular weight excluding hydrogens is 162 g/mol. The van der Waals surface area contributed by atoms with Crippen LogP contribution in [0.25, 0.3) is 0 Å². The number of hydrazine groups is 1. The van der Waals surface area contributed by atoms with Gasteiger partial charge in [0.05, 0.1) is 0 Å². The molecule has 0 spiro atoms. The normalized spacial score (nSPS) is 36.0. The van der Waals surface area contributed by atoms with Crippen molar-refractivity contribution in [2.24, 2.45) is 0 Å². The van der Waals surface area contributed by atoms with Crippen molar-refractivity contribution in [1.82, 2.24) is 15.3 Å². The van der Waals surface area contributed by atoms with Gasteiger partial charge in [0.25, 0.3) is 0 Å². The zero-order chi connectivity index (χ0) is 9.64. The summed E-state index contributed by atoms with van der Waals surface area (Å²) in [6, 6.07) is 1.52. The lowest BCUT2D eigenvalue weighted by molar-refractivity contribution is 0.0392. The molecule has 2 rings (SSSR count). The largest absolute Gasteiger partial charge is 0.293 e. The monoisotopic (exact) mass is 183 g/mol. The third-order valence-corrected chi connectivity index (χ3v) is 3.39. The molecule has 0 radical (unpaired) electrons. The van der Waals surface area contributed by atoms with Gasteiger partial charge in [-0.15, -0.1) is 0 Å². The minimum absolute atomic E-state index is 0.346. The average Bonchev–Trinajstić information content (AvgIpc) is 2.59. The molecule has 13 heavy (non-hydrogen) atoms. The van der Waals surface area contributed by atoms with Gasteiger partial charge in [0, 0.05) is 30.7 Å². The Morgan fingerprint density at radius 3 is 2.23 bits per heavy atom. The van der Waals surface area contributed by atoms with E-state index in [1.54, 1.807) is 0 Å². The van der Waals surface area contributed by atoms with E-state index in [0.717, 1.165) is 12.1 Å². The summed E-state index contributed by atoms with van der Waals surface area (Å²) >= 11 is 0. The van der Waals surface area contributed by atoms with E-state index in [2.05, 4.69) is 36.1 Å². The first kappa shape index (κ1) is 9.44. The average molecular weight is 183 g/mol. The van der Waals surface area contributed by atoms with Gasteiger partial charge in [-0.05, 0) is 34.2 Å². The first-order valence-corrected chi connectivity index (χ1v) is 5.23. The predicted molar refractivity (Wildman–Crippen MR) is 54.4 cm³/mol. The Morgan fingerprint density at radius 1 is 1.15 bits per heavy atom. The van der Waals surface area contributed by atoms with Crippen LogP contribution in [0.5, 0.6) is 0 Å². The SMILES string of the molecule is CNN1CC2CC1CN2C(C)(C)C. The van der Waals surface area contributed by atoms with Gasteiger partial charge in [0.1, 0.15) is 0 Å². The maximum Gasteiger partial charge on any atom is 0.0387 e.